The van der Waals surface area contributed by atoms with E-state index in [9.17, 15) is 5.11 Å². The largest absolute Gasteiger partial charge is 0.396 e. The Bertz CT molecular complexity index is 351. The zero-order valence-electron chi connectivity index (χ0n) is 9.69. The Morgan fingerprint density at radius 3 is 2.73 bits per heavy atom. The lowest BCUT2D eigenvalue weighted by Crippen LogP contribution is -2.24. The van der Waals surface area contributed by atoms with Crippen LogP contribution in [0.3, 0.4) is 0 Å². The van der Waals surface area contributed by atoms with Gasteiger partial charge in [0.2, 0.25) is 0 Å². The molecule has 0 saturated carbocycles. The van der Waals surface area contributed by atoms with E-state index in [0.717, 1.165) is 31.0 Å². The van der Waals surface area contributed by atoms with E-state index in [1.807, 2.05) is 0 Å². The minimum atomic E-state index is 0.0304. The molecule has 1 aromatic heterocycles. The van der Waals surface area contributed by atoms with Gasteiger partial charge in [0, 0.05) is 17.9 Å². The summed E-state index contributed by atoms with van der Waals surface area (Å²) in [5.74, 6) is 2.19. The molecule has 4 heteroatoms. The fourth-order valence-electron chi connectivity index (χ4n) is 2.19. The van der Waals surface area contributed by atoms with Crippen molar-refractivity contribution in [2.24, 2.45) is 0 Å². The van der Waals surface area contributed by atoms with Gasteiger partial charge < -0.3 is 9.67 Å². The van der Waals surface area contributed by atoms with E-state index in [1.54, 1.807) is 0 Å². The molecular weight excluding hydrogens is 190 g/mol. The van der Waals surface area contributed by atoms with Crippen molar-refractivity contribution in [3.05, 3.63) is 11.6 Å². The number of nitrogens with zero attached hydrogens (tertiary/aromatic N) is 3. The van der Waals surface area contributed by atoms with Gasteiger partial charge in [-0.25, -0.2) is 0 Å². The quantitative estimate of drug-likeness (QED) is 0.761. The summed E-state index contributed by atoms with van der Waals surface area (Å²) in [6.07, 6.45) is 2.14. The van der Waals surface area contributed by atoms with Crippen LogP contribution in [0.4, 0.5) is 0 Å². The third-order valence-corrected chi connectivity index (χ3v) is 2.97. The van der Waals surface area contributed by atoms with Crippen molar-refractivity contribution in [3.8, 4) is 0 Å². The molecule has 1 aromatic rings. The zero-order valence-corrected chi connectivity index (χ0v) is 9.69. The fraction of sp³-hybridized carbons (Fsp3) is 0.818. The predicted molar refractivity (Wildman–Crippen MR) is 57.8 cm³/mol. The summed E-state index contributed by atoms with van der Waals surface area (Å²) in [6.45, 7) is 7.61. The molecule has 84 valence electrons. The molecule has 0 amide bonds. The topological polar surface area (TPSA) is 50.9 Å². The Kier molecular flexibility index (Phi) is 2.54. The summed E-state index contributed by atoms with van der Waals surface area (Å²) >= 11 is 0. The molecule has 0 bridgehead atoms. The van der Waals surface area contributed by atoms with Gasteiger partial charge in [-0.3, -0.25) is 0 Å². The molecule has 1 atom stereocenters. The normalized spacial score (nSPS) is 21.5. The maximum atomic E-state index is 9.27. The second-order valence-corrected chi connectivity index (χ2v) is 5.31. The molecule has 2 heterocycles. The van der Waals surface area contributed by atoms with Crippen molar-refractivity contribution < 1.29 is 5.11 Å². The van der Waals surface area contributed by atoms with Crippen LogP contribution in [0.15, 0.2) is 0 Å². The van der Waals surface area contributed by atoms with Crippen LogP contribution in [-0.4, -0.2) is 26.5 Å². The Morgan fingerprint density at radius 2 is 2.13 bits per heavy atom. The van der Waals surface area contributed by atoms with Crippen molar-refractivity contribution >= 4 is 0 Å². The maximum absolute atomic E-state index is 9.27. The van der Waals surface area contributed by atoms with E-state index in [-0.39, 0.29) is 17.9 Å². The molecule has 4 nitrogen and oxygen atoms in total. The van der Waals surface area contributed by atoms with Crippen molar-refractivity contribution in [1.82, 2.24) is 14.8 Å². The van der Waals surface area contributed by atoms with Crippen molar-refractivity contribution in [2.75, 3.05) is 6.61 Å². The number of aromatic nitrogens is 3. The first-order chi connectivity index (χ1) is 7.04. The van der Waals surface area contributed by atoms with Crippen molar-refractivity contribution in [2.45, 2.75) is 51.5 Å². The third-order valence-electron chi connectivity index (χ3n) is 2.97. The first kappa shape index (κ1) is 10.6. The molecule has 0 fully saturated rings. The van der Waals surface area contributed by atoms with Crippen molar-refractivity contribution in [1.29, 1.82) is 0 Å². The monoisotopic (exact) mass is 209 g/mol. The minimum absolute atomic E-state index is 0.0304. The number of aliphatic hydroxyl groups is 1. The average molecular weight is 209 g/mol. The van der Waals surface area contributed by atoms with Crippen LogP contribution in [0.2, 0.25) is 0 Å². The average Bonchev–Trinajstić information content (AvgIpc) is 2.59. The highest BCUT2D eigenvalue weighted by Gasteiger charge is 2.29. The molecule has 0 spiro atoms. The van der Waals surface area contributed by atoms with Gasteiger partial charge in [-0.2, -0.15) is 0 Å². The third kappa shape index (κ3) is 1.78. The lowest BCUT2D eigenvalue weighted by atomic mass is 9.94. The van der Waals surface area contributed by atoms with Gasteiger partial charge in [-0.05, 0) is 12.8 Å². The van der Waals surface area contributed by atoms with Crippen LogP contribution in [0.25, 0.3) is 0 Å². The maximum Gasteiger partial charge on any atom is 0.138 e. The summed E-state index contributed by atoms with van der Waals surface area (Å²) in [7, 11) is 0. The van der Waals surface area contributed by atoms with Gasteiger partial charge in [-0.15, -0.1) is 10.2 Å². The van der Waals surface area contributed by atoms with E-state index < -0.39 is 0 Å². The van der Waals surface area contributed by atoms with Gasteiger partial charge in [0.25, 0.3) is 0 Å². The molecule has 0 radical (unpaired) electrons. The molecule has 0 aromatic carbocycles. The summed E-state index contributed by atoms with van der Waals surface area (Å²) in [6, 6.07) is 0. The molecule has 0 aliphatic carbocycles. The first-order valence-electron chi connectivity index (χ1n) is 5.58. The molecular formula is C11H19N3O. The molecule has 0 saturated heterocycles. The van der Waals surface area contributed by atoms with Gasteiger partial charge >= 0.3 is 0 Å². The van der Waals surface area contributed by atoms with Gasteiger partial charge in [0.15, 0.2) is 0 Å². The Hall–Kier alpha value is -0.900. The molecule has 1 aliphatic heterocycles. The number of hydrogen-bond donors (Lipinski definition) is 1. The van der Waals surface area contributed by atoms with Crippen LogP contribution < -0.4 is 0 Å². The predicted octanol–water partition coefficient (Wildman–Crippen LogP) is 1.45. The summed E-state index contributed by atoms with van der Waals surface area (Å²) in [5.41, 5.74) is 0.0304. The van der Waals surface area contributed by atoms with Crippen LogP contribution in [0, 0.1) is 0 Å². The van der Waals surface area contributed by atoms with Gasteiger partial charge in [-0.1, -0.05) is 20.8 Å². The Balaban J connectivity index is 2.42. The number of hydrogen-bond acceptors (Lipinski definition) is 3. The summed E-state index contributed by atoms with van der Waals surface area (Å²) in [4.78, 5) is 0. The SMILES string of the molecule is CC(C)(C)c1nnc2n1CCCC2CO. The summed E-state index contributed by atoms with van der Waals surface area (Å²) < 4.78 is 2.18. The Morgan fingerprint density at radius 1 is 1.40 bits per heavy atom. The highest BCUT2D eigenvalue weighted by Crippen LogP contribution is 2.30. The standard InChI is InChI=1S/C11H19N3O/c1-11(2,3)10-13-12-9-8(7-15)5-4-6-14(9)10/h8,15H,4-7H2,1-3H3. The highest BCUT2D eigenvalue weighted by molar-refractivity contribution is 5.11. The lowest BCUT2D eigenvalue weighted by Gasteiger charge is -2.25. The Labute approximate surface area is 90.3 Å². The lowest BCUT2D eigenvalue weighted by molar-refractivity contribution is 0.236. The number of aliphatic hydroxyl groups excluding tert-OH is 1. The van der Waals surface area contributed by atoms with E-state index >= 15 is 0 Å². The second kappa shape index (κ2) is 3.59. The molecule has 2 rings (SSSR count). The van der Waals surface area contributed by atoms with Gasteiger partial charge in [0.1, 0.15) is 11.6 Å². The highest BCUT2D eigenvalue weighted by atomic mass is 16.3. The summed E-state index contributed by atoms with van der Waals surface area (Å²) in [5, 5.41) is 17.8. The molecule has 1 unspecified atom stereocenters. The number of rotatable bonds is 1. The van der Waals surface area contributed by atoms with Crippen LogP contribution in [0.5, 0.6) is 0 Å². The zero-order chi connectivity index (χ0) is 11.1. The van der Waals surface area contributed by atoms with E-state index in [0.29, 0.717) is 0 Å². The molecule has 1 N–H and O–H groups in total. The molecule has 15 heavy (non-hydrogen) atoms. The second-order valence-electron chi connectivity index (χ2n) is 5.31. The minimum Gasteiger partial charge on any atom is -0.396 e. The molecule has 1 aliphatic rings. The van der Waals surface area contributed by atoms with E-state index in [1.165, 1.54) is 0 Å². The smallest absolute Gasteiger partial charge is 0.138 e. The van der Waals surface area contributed by atoms with E-state index in [4.69, 9.17) is 0 Å². The van der Waals surface area contributed by atoms with Crippen LogP contribution in [-0.2, 0) is 12.0 Å². The van der Waals surface area contributed by atoms with Crippen LogP contribution in [0.1, 0.15) is 51.2 Å². The fourth-order valence-corrected chi connectivity index (χ4v) is 2.19. The van der Waals surface area contributed by atoms with Crippen LogP contribution >= 0.6 is 0 Å². The van der Waals surface area contributed by atoms with Crippen molar-refractivity contribution in [3.63, 3.8) is 0 Å². The van der Waals surface area contributed by atoms with E-state index in [2.05, 4.69) is 35.5 Å². The number of fused-ring (bicyclic) bond motifs is 1. The van der Waals surface area contributed by atoms with Gasteiger partial charge in [0.05, 0.1) is 6.61 Å². The first-order valence-corrected chi connectivity index (χ1v) is 5.58.